The summed E-state index contributed by atoms with van der Waals surface area (Å²) >= 11 is 0. The number of piperazine rings is 1. The fourth-order valence-electron chi connectivity index (χ4n) is 2.43. The number of carbonyl (C=O) groups excluding carboxylic acids is 2. The molecule has 0 aromatic carbocycles. The molecule has 2 amide bonds. The van der Waals surface area contributed by atoms with Crippen molar-refractivity contribution in [3.63, 3.8) is 0 Å². The van der Waals surface area contributed by atoms with Gasteiger partial charge in [-0.05, 0) is 26.0 Å². The third-order valence-corrected chi connectivity index (χ3v) is 3.70. The Morgan fingerprint density at radius 3 is 2.67 bits per heavy atom. The van der Waals surface area contributed by atoms with Crippen LogP contribution < -0.4 is 5.32 Å². The molecule has 0 saturated carbocycles. The van der Waals surface area contributed by atoms with E-state index in [1.165, 1.54) is 4.90 Å². The molecule has 1 atom stereocenters. The smallest absolute Gasteiger partial charge is 0.271 e. The average Bonchev–Trinajstić information content (AvgIpc) is 2.46. The van der Waals surface area contributed by atoms with E-state index < -0.39 is 0 Å². The second-order valence-corrected chi connectivity index (χ2v) is 5.58. The van der Waals surface area contributed by atoms with Crippen molar-refractivity contribution in [2.24, 2.45) is 0 Å². The molecule has 6 heteroatoms. The molecule has 1 fully saturated rings. The average molecular weight is 290 g/mol. The van der Waals surface area contributed by atoms with E-state index in [-0.39, 0.29) is 17.9 Å². The van der Waals surface area contributed by atoms with Crippen molar-refractivity contribution >= 4 is 11.8 Å². The molecule has 0 aliphatic carbocycles. The molecular formula is C15H22N4O2. The van der Waals surface area contributed by atoms with Gasteiger partial charge in [-0.3, -0.25) is 9.59 Å². The number of hydrogen-bond donors (Lipinski definition) is 1. The van der Waals surface area contributed by atoms with Gasteiger partial charge >= 0.3 is 0 Å². The highest BCUT2D eigenvalue weighted by atomic mass is 16.2. The highest BCUT2D eigenvalue weighted by molar-refractivity contribution is 5.97. The first kappa shape index (κ1) is 15.4. The van der Waals surface area contributed by atoms with Crippen LogP contribution in [0.3, 0.4) is 0 Å². The van der Waals surface area contributed by atoms with Gasteiger partial charge in [-0.15, -0.1) is 0 Å². The van der Waals surface area contributed by atoms with Crippen LogP contribution in [-0.2, 0) is 0 Å². The predicted molar refractivity (Wildman–Crippen MR) is 80.4 cm³/mol. The third kappa shape index (κ3) is 3.21. The van der Waals surface area contributed by atoms with Crippen LogP contribution in [0.25, 0.3) is 0 Å². The maximum Gasteiger partial charge on any atom is 0.271 e. The zero-order valence-corrected chi connectivity index (χ0v) is 13.0. The number of pyridine rings is 1. The maximum atomic E-state index is 12.6. The molecule has 2 rings (SSSR count). The van der Waals surface area contributed by atoms with E-state index in [0.29, 0.717) is 23.5 Å². The summed E-state index contributed by atoms with van der Waals surface area (Å²) in [7, 11) is 3.36. The number of amides is 2. The molecule has 0 radical (unpaired) electrons. The Kier molecular flexibility index (Phi) is 4.57. The Morgan fingerprint density at radius 2 is 2.10 bits per heavy atom. The van der Waals surface area contributed by atoms with E-state index >= 15 is 0 Å². The number of nitrogens with zero attached hydrogens (tertiary/aromatic N) is 3. The van der Waals surface area contributed by atoms with E-state index in [1.54, 1.807) is 33.2 Å². The fraction of sp³-hybridized carbons (Fsp3) is 0.533. The quantitative estimate of drug-likeness (QED) is 0.862. The number of rotatable bonds is 2. The van der Waals surface area contributed by atoms with E-state index in [0.717, 1.165) is 13.1 Å². The van der Waals surface area contributed by atoms with Crippen molar-refractivity contribution in [1.82, 2.24) is 20.1 Å². The van der Waals surface area contributed by atoms with E-state index in [2.05, 4.69) is 10.3 Å². The Morgan fingerprint density at radius 1 is 1.38 bits per heavy atom. The van der Waals surface area contributed by atoms with Gasteiger partial charge < -0.3 is 15.1 Å². The summed E-state index contributed by atoms with van der Waals surface area (Å²) in [4.78, 5) is 32.1. The number of carbonyl (C=O) groups is 2. The van der Waals surface area contributed by atoms with Crippen LogP contribution in [0.2, 0.25) is 0 Å². The lowest BCUT2D eigenvalue weighted by Crippen LogP contribution is -2.52. The Balaban J connectivity index is 2.24. The summed E-state index contributed by atoms with van der Waals surface area (Å²) in [5.74, 6) is -0.175. The SMILES string of the molecule is Cc1nc(C(=O)N(C)C)ccc1C(=O)N1CCNC[C@@H]1C. The summed E-state index contributed by atoms with van der Waals surface area (Å²) in [6, 6.07) is 3.49. The second kappa shape index (κ2) is 6.22. The molecule has 1 N–H and O–H groups in total. The maximum absolute atomic E-state index is 12.6. The van der Waals surface area contributed by atoms with Crippen LogP contribution >= 0.6 is 0 Å². The Labute approximate surface area is 125 Å². The van der Waals surface area contributed by atoms with Crippen LogP contribution in [0.5, 0.6) is 0 Å². The minimum absolute atomic E-state index is 0.0159. The summed E-state index contributed by atoms with van der Waals surface area (Å²) in [5.41, 5.74) is 1.53. The predicted octanol–water partition coefficient (Wildman–Crippen LogP) is 0.526. The molecule has 114 valence electrons. The molecule has 6 nitrogen and oxygen atoms in total. The number of hydrogen-bond acceptors (Lipinski definition) is 4. The third-order valence-electron chi connectivity index (χ3n) is 3.70. The van der Waals surface area contributed by atoms with Crippen molar-refractivity contribution in [3.8, 4) is 0 Å². The standard InChI is InChI=1S/C15H22N4O2/c1-10-9-16-7-8-19(10)14(20)12-5-6-13(17-11(12)2)15(21)18(3)4/h5-6,10,16H,7-9H2,1-4H3/t10-/m0/s1. The van der Waals surface area contributed by atoms with Crippen LogP contribution in [0.1, 0.15) is 33.5 Å². The summed E-state index contributed by atoms with van der Waals surface area (Å²) < 4.78 is 0. The monoisotopic (exact) mass is 290 g/mol. The highest BCUT2D eigenvalue weighted by Gasteiger charge is 2.25. The lowest BCUT2D eigenvalue weighted by molar-refractivity contribution is 0.0653. The van der Waals surface area contributed by atoms with E-state index in [9.17, 15) is 9.59 Å². The molecule has 1 aromatic rings. The van der Waals surface area contributed by atoms with Gasteiger partial charge in [0, 0.05) is 39.8 Å². The first-order chi connectivity index (χ1) is 9.91. The Bertz CT molecular complexity index is 557. The normalized spacial score (nSPS) is 18.5. The van der Waals surface area contributed by atoms with Gasteiger partial charge in [0.05, 0.1) is 11.3 Å². The zero-order chi connectivity index (χ0) is 15.6. The van der Waals surface area contributed by atoms with Crippen LogP contribution in [0.4, 0.5) is 0 Å². The molecule has 0 unspecified atom stereocenters. The van der Waals surface area contributed by atoms with Gasteiger partial charge in [0.2, 0.25) is 0 Å². The molecule has 2 heterocycles. The van der Waals surface area contributed by atoms with Gasteiger partial charge in [-0.25, -0.2) is 4.98 Å². The molecule has 1 aliphatic rings. The number of aromatic nitrogens is 1. The fourth-order valence-corrected chi connectivity index (χ4v) is 2.43. The molecule has 0 spiro atoms. The molecule has 1 saturated heterocycles. The summed E-state index contributed by atoms with van der Waals surface area (Å²) in [6.07, 6.45) is 0. The number of nitrogens with one attached hydrogen (secondary N) is 1. The van der Waals surface area contributed by atoms with Gasteiger partial charge in [0.15, 0.2) is 0 Å². The minimum Gasteiger partial charge on any atom is -0.343 e. The molecule has 1 aliphatic heterocycles. The second-order valence-electron chi connectivity index (χ2n) is 5.58. The van der Waals surface area contributed by atoms with Crippen molar-refractivity contribution in [3.05, 3.63) is 29.1 Å². The van der Waals surface area contributed by atoms with Crippen molar-refractivity contribution in [2.45, 2.75) is 19.9 Å². The Hall–Kier alpha value is -1.95. The first-order valence-corrected chi connectivity index (χ1v) is 7.12. The highest BCUT2D eigenvalue weighted by Crippen LogP contribution is 2.14. The molecule has 1 aromatic heterocycles. The summed E-state index contributed by atoms with van der Waals surface area (Å²) in [5, 5.41) is 3.26. The van der Waals surface area contributed by atoms with Crippen LogP contribution in [0, 0.1) is 6.92 Å². The van der Waals surface area contributed by atoms with Gasteiger partial charge in [0.25, 0.3) is 11.8 Å². The van der Waals surface area contributed by atoms with Crippen LogP contribution in [0.15, 0.2) is 12.1 Å². The van der Waals surface area contributed by atoms with Crippen molar-refractivity contribution in [2.75, 3.05) is 33.7 Å². The summed E-state index contributed by atoms with van der Waals surface area (Å²) in [6.45, 7) is 6.09. The first-order valence-electron chi connectivity index (χ1n) is 7.12. The minimum atomic E-state index is -0.160. The largest absolute Gasteiger partial charge is 0.343 e. The molecular weight excluding hydrogens is 268 g/mol. The van der Waals surface area contributed by atoms with Crippen molar-refractivity contribution in [1.29, 1.82) is 0 Å². The van der Waals surface area contributed by atoms with Gasteiger partial charge in [-0.1, -0.05) is 0 Å². The van der Waals surface area contributed by atoms with Gasteiger partial charge in [-0.2, -0.15) is 0 Å². The van der Waals surface area contributed by atoms with Crippen molar-refractivity contribution < 1.29 is 9.59 Å². The molecule has 21 heavy (non-hydrogen) atoms. The number of aryl methyl sites for hydroxylation is 1. The van der Waals surface area contributed by atoms with E-state index in [4.69, 9.17) is 0 Å². The lowest BCUT2D eigenvalue weighted by Gasteiger charge is -2.34. The van der Waals surface area contributed by atoms with Crippen LogP contribution in [-0.4, -0.2) is 66.4 Å². The van der Waals surface area contributed by atoms with E-state index in [1.807, 2.05) is 11.8 Å². The topological polar surface area (TPSA) is 65.5 Å². The zero-order valence-electron chi connectivity index (χ0n) is 13.0. The molecule has 0 bridgehead atoms. The lowest BCUT2D eigenvalue weighted by atomic mass is 10.1. The van der Waals surface area contributed by atoms with Gasteiger partial charge in [0.1, 0.15) is 5.69 Å².